The Morgan fingerprint density at radius 2 is 1.95 bits per heavy atom. The van der Waals surface area contributed by atoms with E-state index in [-0.39, 0.29) is 5.82 Å². The van der Waals surface area contributed by atoms with E-state index in [4.69, 9.17) is 0 Å². The van der Waals surface area contributed by atoms with Gasteiger partial charge in [-0.1, -0.05) is 26.0 Å². The molecule has 2 rings (SSSR count). The third-order valence-electron chi connectivity index (χ3n) is 4.26. The minimum Gasteiger partial charge on any atom is -0.387 e. The Labute approximate surface area is 115 Å². The molecule has 1 aliphatic rings. The summed E-state index contributed by atoms with van der Waals surface area (Å²) in [6.07, 6.45) is 3.13. The van der Waals surface area contributed by atoms with E-state index in [0.29, 0.717) is 18.5 Å². The van der Waals surface area contributed by atoms with Crippen LogP contribution in [0.2, 0.25) is 0 Å². The average molecular weight is 265 g/mol. The van der Waals surface area contributed by atoms with Gasteiger partial charge in [-0.3, -0.25) is 0 Å². The lowest BCUT2D eigenvalue weighted by molar-refractivity contribution is 0.150. The van der Waals surface area contributed by atoms with Gasteiger partial charge in [-0.05, 0) is 48.8 Å². The first-order valence-electron chi connectivity index (χ1n) is 7.23. The number of hydrogen-bond acceptors (Lipinski definition) is 2. The maximum Gasteiger partial charge on any atom is 0.123 e. The second kappa shape index (κ2) is 6.49. The van der Waals surface area contributed by atoms with Gasteiger partial charge in [-0.15, -0.1) is 0 Å². The van der Waals surface area contributed by atoms with Crippen molar-refractivity contribution < 1.29 is 9.50 Å². The first-order valence-corrected chi connectivity index (χ1v) is 7.23. The summed E-state index contributed by atoms with van der Waals surface area (Å²) in [5, 5.41) is 13.6. The Hall–Kier alpha value is -0.930. The average Bonchev–Trinajstić information content (AvgIpc) is 2.38. The molecule has 0 aromatic heterocycles. The van der Waals surface area contributed by atoms with Crippen LogP contribution in [0.15, 0.2) is 24.3 Å². The second-order valence-electron chi connectivity index (χ2n) is 5.98. The highest BCUT2D eigenvalue weighted by atomic mass is 19.1. The van der Waals surface area contributed by atoms with E-state index in [9.17, 15) is 9.50 Å². The molecule has 2 nitrogen and oxygen atoms in total. The van der Waals surface area contributed by atoms with Crippen molar-refractivity contribution in [2.24, 2.45) is 11.8 Å². The number of aliphatic hydroxyl groups excluding tert-OH is 1. The smallest absolute Gasteiger partial charge is 0.123 e. The van der Waals surface area contributed by atoms with E-state index in [1.165, 1.54) is 31.4 Å². The van der Waals surface area contributed by atoms with Crippen LogP contribution in [0.3, 0.4) is 0 Å². The zero-order chi connectivity index (χ0) is 13.8. The SMILES string of the molecule is CC1CCC(NCC(O)c2ccc(F)cc2)C(C)C1. The lowest BCUT2D eigenvalue weighted by Gasteiger charge is -2.33. The summed E-state index contributed by atoms with van der Waals surface area (Å²) < 4.78 is 12.8. The van der Waals surface area contributed by atoms with Crippen LogP contribution >= 0.6 is 0 Å². The molecule has 2 N–H and O–H groups in total. The molecule has 4 atom stereocenters. The number of benzene rings is 1. The van der Waals surface area contributed by atoms with Crippen LogP contribution in [0.5, 0.6) is 0 Å². The number of halogens is 1. The Morgan fingerprint density at radius 3 is 2.58 bits per heavy atom. The van der Waals surface area contributed by atoms with Gasteiger partial charge in [0.15, 0.2) is 0 Å². The van der Waals surface area contributed by atoms with E-state index in [1.807, 2.05) is 0 Å². The van der Waals surface area contributed by atoms with Crippen LogP contribution in [0.1, 0.15) is 44.8 Å². The Bertz CT molecular complexity index is 392. The molecule has 0 aliphatic heterocycles. The van der Waals surface area contributed by atoms with E-state index in [0.717, 1.165) is 11.5 Å². The van der Waals surface area contributed by atoms with Crippen molar-refractivity contribution in [3.63, 3.8) is 0 Å². The van der Waals surface area contributed by atoms with Crippen molar-refractivity contribution in [1.29, 1.82) is 0 Å². The van der Waals surface area contributed by atoms with Crippen LogP contribution in [-0.2, 0) is 0 Å². The summed E-state index contributed by atoms with van der Waals surface area (Å²) >= 11 is 0. The molecule has 4 unspecified atom stereocenters. The van der Waals surface area contributed by atoms with Crippen LogP contribution < -0.4 is 5.32 Å². The molecule has 1 aromatic carbocycles. The highest BCUT2D eigenvalue weighted by Crippen LogP contribution is 2.28. The second-order valence-corrected chi connectivity index (χ2v) is 5.98. The molecule has 1 fully saturated rings. The number of aliphatic hydroxyl groups is 1. The Kier molecular flexibility index (Phi) is 4.94. The first kappa shape index (κ1) is 14.5. The van der Waals surface area contributed by atoms with Crippen molar-refractivity contribution in [2.75, 3.05) is 6.54 Å². The molecule has 0 saturated heterocycles. The third-order valence-corrected chi connectivity index (χ3v) is 4.26. The summed E-state index contributed by atoms with van der Waals surface area (Å²) in [4.78, 5) is 0. The molecule has 1 saturated carbocycles. The highest BCUT2D eigenvalue weighted by Gasteiger charge is 2.25. The first-order chi connectivity index (χ1) is 9.06. The van der Waals surface area contributed by atoms with Gasteiger partial charge in [-0.25, -0.2) is 4.39 Å². The fourth-order valence-corrected chi connectivity index (χ4v) is 3.03. The third kappa shape index (κ3) is 4.02. The molecular weight excluding hydrogens is 241 g/mol. The van der Waals surface area contributed by atoms with Crippen LogP contribution in [0.25, 0.3) is 0 Å². The number of nitrogens with one attached hydrogen (secondary N) is 1. The molecule has 3 heteroatoms. The molecule has 0 heterocycles. The predicted molar refractivity (Wildman–Crippen MR) is 75.3 cm³/mol. The summed E-state index contributed by atoms with van der Waals surface area (Å²) in [7, 11) is 0. The van der Waals surface area contributed by atoms with E-state index < -0.39 is 6.10 Å². The fourth-order valence-electron chi connectivity index (χ4n) is 3.03. The topological polar surface area (TPSA) is 32.3 Å². The highest BCUT2D eigenvalue weighted by molar-refractivity contribution is 5.18. The minimum absolute atomic E-state index is 0.265. The van der Waals surface area contributed by atoms with Gasteiger partial charge in [0, 0.05) is 12.6 Å². The monoisotopic (exact) mass is 265 g/mol. The van der Waals surface area contributed by atoms with Crippen molar-refractivity contribution in [3.8, 4) is 0 Å². The molecule has 106 valence electrons. The summed E-state index contributed by atoms with van der Waals surface area (Å²) in [5.41, 5.74) is 0.769. The van der Waals surface area contributed by atoms with Gasteiger partial charge in [0.1, 0.15) is 5.82 Å². The molecule has 1 aliphatic carbocycles. The van der Waals surface area contributed by atoms with E-state index in [1.54, 1.807) is 12.1 Å². The maximum atomic E-state index is 12.8. The van der Waals surface area contributed by atoms with Gasteiger partial charge in [-0.2, -0.15) is 0 Å². The fraction of sp³-hybridized carbons (Fsp3) is 0.625. The molecule has 1 aromatic rings. The lowest BCUT2D eigenvalue weighted by Crippen LogP contribution is -2.40. The number of rotatable bonds is 4. The number of hydrogen-bond donors (Lipinski definition) is 2. The van der Waals surface area contributed by atoms with Gasteiger partial charge < -0.3 is 10.4 Å². The normalized spacial score (nSPS) is 29.2. The molecular formula is C16H24FNO. The Balaban J connectivity index is 1.83. The van der Waals surface area contributed by atoms with Crippen LogP contribution in [0.4, 0.5) is 4.39 Å². The molecule has 19 heavy (non-hydrogen) atoms. The van der Waals surface area contributed by atoms with E-state index >= 15 is 0 Å². The van der Waals surface area contributed by atoms with Crippen LogP contribution in [0, 0.1) is 17.7 Å². The van der Waals surface area contributed by atoms with Gasteiger partial charge >= 0.3 is 0 Å². The summed E-state index contributed by atoms with van der Waals surface area (Å²) in [5.74, 6) is 1.21. The van der Waals surface area contributed by atoms with Crippen molar-refractivity contribution in [1.82, 2.24) is 5.32 Å². The lowest BCUT2D eigenvalue weighted by atomic mass is 9.80. The predicted octanol–water partition coefficient (Wildman–Crippen LogP) is 3.27. The zero-order valence-electron chi connectivity index (χ0n) is 11.8. The summed E-state index contributed by atoms with van der Waals surface area (Å²) in [6.45, 7) is 5.12. The molecule has 0 bridgehead atoms. The van der Waals surface area contributed by atoms with Gasteiger partial charge in [0.2, 0.25) is 0 Å². The zero-order valence-corrected chi connectivity index (χ0v) is 11.8. The maximum absolute atomic E-state index is 12.8. The quantitative estimate of drug-likeness (QED) is 0.875. The molecule has 0 spiro atoms. The summed E-state index contributed by atoms with van der Waals surface area (Å²) in [6, 6.07) is 6.57. The van der Waals surface area contributed by atoms with Crippen molar-refractivity contribution in [2.45, 2.75) is 45.3 Å². The van der Waals surface area contributed by atoms with Crippen molar-refractivity contribution in [3.05, 3.63) is 35.6 Å². The molecule has 0 radical (unpaired) electrons. The standard InChI is InChI=1S/C16H24FNO/c1-11-3-8-15(12(2)9-11)18-10-16(19)13-4-6-14(17)7-5-13/h4-7,11-12,15-16,18-19H,3,8-10H2,1-2H3. The van der Waals surface area contributed by atoms with Gasteiger partial charge in [0.25, 0.3) is 0 Å². The largest absolute Gasteiger partial charge is 0.387 e. The molecule has 0 amide bonds. The van der Waals surface area contributed by atoms with E-state index in [2.05, 4.69) is 19.2 Å². The minimum atomic E-state index is -0.563. The van der Waals surface area contributed by atoms with Crippen molar-refractivity contribution >= 4 is 0 Å². The van der Waals surface area contributed by atoms with Gasteiger partial charge in [0.05, 0.1) is 6.10 Å². The van der Waals surface area contributed by atoms with Crippen LogP contribution in [-0.4, -0.2) is 17.7 Å². The Morgan fingerprint density at radius 1 is 1.26 bits per heavy atom.